The minimum Gasteiger partial charge on any atom is -0.506 e. The number of phenols is 1. The van der Waals surface area contributed by atoms with Gasteiger partial charge in [0.25, 0.3) is 5.91 Å². The summed E-state index contributed by atoms with van der Waals surface area (Å²) in [6.45, 7) is 1.79. The number of benzene rings is 2. The molecule has 24 heavy (non-hydrogen) atoms. The van der Waals surface area contributed by atoms with Crippen molar-refractivity contribution in [2.24, 2.45) is 5.10 Å². The maximum atomic E-state index is 12.2. The number of nitrogens with one attached hydrogen (secondary N) is 1. The highest BCUT2D eigenvalue weighted by molar-refractivity contribution is 6.36. The van der Waals surface area contributed by atoms with Crippen molar-refractivity contribution in [2.75, 3.05) is 0 Å². The van der Waals surface area contributed by atoms with Crippen LogP contribution in [0.25, 0.3) is 11.0 Å². The fourth-order valence-corrected chi connectivity index (χ4v) is 2.73. The van der Waals surface area contributed by atoms with Crippen LogP contribution >= 0.6 is 23.2 Å². The van der Waals surface area contributed by atoms with E-state index in [1.165, 1.54) is 18.5 Å². The molecule has 1 heterocycles. The summed E-state index contributed by atoms with van der Waals surface area (Å²) < 4.78 is 5.28. The molecule has 0 saturated heterocycles. The largest absolute Gasteiger partial charge is 0.506 e. The molecule has 1 amide bonds. The summed E-state index contributed by atoms with van der Waals surface area (Å²) in [5, 5.41) is 15.6. The molecular weight excluding hydrogens is 351 g/mol. The molecule has 2 N–H and O–H groups in total. The van der Waals surface area contributed by atoms with E-state index in [9.17, 15) is 9.90 Å². The van der Waals surface area contributed by atoms with E-state index in [-0.39, 0.29) is 11.3 Å². The number of aryl methyl sites for hydroxylation is 1. The Balaban J connectivity index is 1.81. The number of nitrogens with zero attached hydrogens (tertiary/aromatic N) is 1. The van der Waals surface area contributed by atoms with Gasteiger partial charge in [-0.2, -0.15) is 5.10 Å². The topological polar surface area (TPSA) is 74.8 Å². The van der Waals surface area contributed by atoms with E-state index in [2.05, 4.69) is 10.5 Å². The van der Waals surface area contributed by atoms with Crippen molar-refractivity contribution in [3.05, 3.63) is 63.3 Å². The number of furan rings is 1. The molecule has 0 fully saturated rings. The van der Waals surface area contributed by atoms with E-state index >= 15 is 0 Å². The Kier molecular flexibility index (Phi) is 4.46. The first-order valence-electron chi connectivity index (χ1n) is 6.95. The second-order valence-corrected chi connectivity index (χ2v) is 5.96. The number of carbonyl (C=O) groups is 1. The van der Waals surface area contributed by atoms with Crippen LogP contribution < -0.4 is 5.43 Å². The summed E-state index contributed by atoms with van der Waals surface area (Å²) in [7, 11) is 0. The Morgan fingerprint density at radius 3 is 2.83 bits per heavy atom. The molecule has 5 nitrogen and oxygen atoms in total. The minimum atomic E-state index is -0.545. The number of amides is 1. The molecule has 7 heteroatoms. The minimum absolute atomic E-state index is 0.103. The zero-order chi connectivity index (χ0) is 17.3. The van der Waals surface area contributed by atoms with Gasteiger partial charge in [0, 0.05) is 10.6 Å². The Morgan fingerprint density at radius 1 is 1.29 bits per heavy atom. The summed E-state index contributed by atoms with van der Waals surface area (Å²) in [6.07, 6.45) is 2.92. The number of fused-ring (bicyclic) bond motifs is 1. The molecule has 0 aliphatic rings. The van der Waals surface area contributed by atoms with Crippen molar-refractivity contribution in [3.8, 4) is 5.75 Å². The maximum Gasteiger partial charge on any atom is 0.275 e. The average Bonchev–Trinajstić information content (AvgIpc) is 2.92. The van der Waals surface area contributed by atoms with Crippen LogP contribution in [0.15, 0.2) is 46.1 Å². The number of hydrazone groups is 1. The van der Waals surface area contributed by atoms with Gasteiger partial charge in [0.1, 0.15) is 11.3 Å². The SMILES string of the molecule is Cc1coc2ccc(C(=O)NN=Cc3ccc(Cl)cc3Cl)c(O)c12. The monoisotopic (exact) mass is 362 g/mol. The Morgan fingerprint density at radius 2 is 2.08 bits per heavy atom. The first-order valence-corrected chi connectivity index (χ1v) is 7.71. The van der Waals surface area contributed by atoms with Crippen LogP contribution in [0.1, 0.15) is 21.5 Å². The molecule has 0 bridgehead atoms. The van der Waals surface area contributed by atoms with Gasteiger partial charge in [-0.05, 0) is 36.8 Å². The molecule has 3 aromatic rings. The van der Waals surface area contributed by atoms with Gasteiger partial charge in [0.2, 0.25) is 0 Å². The molecule has 0 unspecified atom stereocenters. The van der Waals surface area contributed by atoms with Crippen molar-refractivity contribution in [1.29, 1.82) is 0 Å². The Labute approximate surface area is 147 Å². The van der Waals surface area contributed by atoms with Crippen LogP contribution in [0, 0.1) is 6.92 Å². The van der Waals surface area contributed by atoms with Gasteiger partial charge in [-0.3, -0.25) is 4.79 Å². The van der Waals surface area contributed by atoms with Gasteiger partial charge in [-0.25, -0.2) is 5.43 Å². The molecule has 122 valence electrons. The number of aromatic hydroxyl groups is 1. The third-order valence-corrected chi connectivity index (χ3v) is 4.04. The number of hydrogen-bond donors (Lipinski definition) is 2. The van der Waals surface area contributed by atoms with Crippen LogP contribution in [0.4, 0.5) is 0 Å². The first kappa shape index (κ1) is 16.4. The molecule has 1 aromatic heterocycles. The number of hydrogen-bond acceptors (Lipinski definition) is 4. The van der Waals surface area contributed by atoms with E-state index in [1.54, 1.807) is 31.2 Å². The van der Waals surface area contributed by atoms with Crippen LogP contribution in [0.2, 0.25) is 10.0 Å². The zero-order valence-electron chi connectivity index (χ0n) is 12.5. The fraction of sp³-hybridized carbons (Fsp3) is 0.0588. The lowest BCUT2D eigenvalue weighted by Crippen LogP contribution is -2.17. The highest BCUT2D eigenvalue weighted by atomic mass is 35.5. The van der Waals surface area contributed by atoms with E-state index < -0.39 is 5.91 Å². The van der Waals surface area contributed by atoms with Crippen LogP contribution in [-0.2, 0) is 0 Å². The summed E-state index contributed by atoms with van der Waals surface area (Å²) in [4.78, 5) is 12.2. The predicted octanol–water partition coefficient (Wildman–Crippen LogP) is 4.52. The third-order valence-electron chi connectivity index (χ3n) is 3.47. The van der Waals surface area contributed by atoms with Crippen molar-refractivity contribution in [2.45, 2.75) is 6.92 Å². The number of carbonyl (C=O) groups excluding carboxylic acids is 1. The molecule has 0 radical (unpaired) electrons. The van der Waals surface area contributed by atoms with Gasteiger partial charge in [0.15, 0.2) is 0 Å². The molecular formula is C17H12Cl2N2O3. The normalized spacial score (nSPS) is 11.3. The van der Waals surface area contributed by atoms with Crippen LogP contribution in [0.3, 0.4) is 0 Å². The Hall–Kier alpha value is -2.50. The van der Waals surface area contributed by atoms with Crippen LogP contribution in [0.5, 0.6) is 5.75 Å². The molecule has 3 rings (SSSR count). The van der Waals surface area contributed by atoms with Gasteiger partial charge in [-0.15, -0.1) is 0 Å². The number of rotatable bonds is 3. The third kappa shape index (κ3) is 3.09. The van der Waals surface area contributed by atoms with Crippen molar-refractivity contribution in [1.82, 2.24) is 5.43 Å². The van der Waals surface area contributed by atoms with Gasteiger partial charge in [-0.1, -0.05) is 29.3 Å². The lowest BCUT2D eigenvalue weighted by atomic mass is 10.1. The molecule has 0 aliphatic carbocycles. The van der Waals surface area contributed by atoms with E-state index in [0.717, 1.165) is 5.56 Å². The van der Waals surface area contributed by atoms with E-state index in [1.807, 2.05) is 0 Å². The van der Waals surface area contributed by atoms with Crippen molar-refractivity contribution < 1.29 is 14.3 Å². The second kappa shape index (κ2) is 6.55. The molecule has 0 atom stereocenters. The smallest absolute Gasteiger partial charge is 0.275 e. The molecule has 2 aromatic carbocycles. The average molecular weight is 363 g/mol. The lowest BCUT2D eigenvalue weighted by Gasteiger charge is -2.04. The summed E-state index contributed by atoms with van der Waals surface area (Å²) in [5.41, 5.74) is 4.32. The lowest BCUT2D eigenvalue weighted by molar-refractivity contribution is 0.0952. The number of halogens is 2. The van der Waals surface area contributed by atoms with E-state index in [0.29, 0.717) is 26.6 Å². The first-order chi connectivity index (χ1) is 11.5. The summed E-state index contributed by atoms with van der Waals surface area (Å²) >= 11 is 11.8. The summed E-state index contributed by atoms with van der Waals surface area (Å²) in [6, 6.07) is 8.02. The van der Waals surface area contributed by atoms with Gasteiger partial charge < -0.3 is 9.52 Å². The zero-order valence-corrected chi connectivity index (χ0v) is 14.0. The van der Waals surface area contributed by atoms with Crippen molar-refractivity contribution in [3.63, 3.8) is 0 Å². The van der Waals surface area contributed by atoms with E-state index in [4.69, 9.17) is 27.6 Å². The maximum absolute atomic E-state index is 12.2. The van der Waals surface area contributed by atoms with Crippen LogP contribution in [-0.4, -0.2) is 17.2 Å². The molecule has 0 saturated carbocycles. The molecule has 0 spiro atoms. The number of phenolic OH excluding ortho intramolecular Hbond substituents is 1. The standard InChI is InChI=1S/C17H12Cl2N2O3/c1-9-8-24-14-5-4-12(16(22)15(9)14)17(23)21-20-7-10-2-3-11(18)6-13(10)19/h2-8,22H,1H3,(H,21,23). The predicted molar refractivity (Wildman–Crippen MR) is 94.1 cm³/mol. The second-order valence-electron chi connectivity index (χ2n) is 5.12. The van der Waals surface area contributed by atoms with Crippen molar-refractivity contribution >= 4 is 46.3 Å². The fourth-order valence-electron chi connectivity index (χ4n) is 2.27. The van der Waals surface area contributed by atoms with Gasteiger partial charge >= 0.3 is 0 Å². The van der Waals surface area contributed by atoms with Gasteiger partial charge in [0.05, 0.1) is 28.5 Å². The Bertz CT molecular complexity index is 964. The quantitative estimate of drug-likeness (QED) is 0.531. The molecule has 0 aliphatic heterocycles. The highest BCUT2D eigenvalue weighted by Gasteiger charge is 2.16. The summed E-state index contributed by atoms with van der Waals surface area (Å²) in [5.74, 6) is -0.688. The highest BCUT2D eigenvalue weighted by Crippen LogP contribution is 2.32.